The number of rotatable bonds is 4. The van der Waals surface area contributed by atoms with E-state index in [4.69, 9.17) is 28.9 Å². The highest BCUT2D eigenvalue weighted by Crippen LogP contribution is 2.28. The zero-order valence-electron chi connectivity index (χ0n) is 9.79. The van der Waals surface area contributed by atoms with Crippen molar-refractivity contribution in [2.75, 3.05) is 5.73 Å². The molecule has 4 heteroatoms. The predicted molar refractivity (Wildman–Crippen MR) is 77.9 cm³/mol. The molecule has 0 heterocycles. The van der Waals surface area contributed by atoms with Crippen molar-refractivity contribution in [2.24, 2.45) is 0 Å². The molecule has 0 aliphatic heterocycles. The second-order valence-electron chi connectivity index (χ2n) is 4.06. The Hall–Kier alpha value is -1.22. The Bertz CT molecular complexity index is 504. The molecule has 94 valence electrons. The minimum absolute atomic E-state index is 0.435. The summed E-state index contributed by atoms with van der Waals surface area (Å²) in [5.74, 6) is 0. The Labute approximate surface area is 117 Å². The predicted octanol–water partition coefficient (Wildman–Crippen LogP) is 3.87. The van der Waals surface area contributed by atoms with Crippen LogP contribution < -0.4 is 11.1 Å². The van der Waals surface area contributed by atoms with Crippen LogP contribution in [0.1, 0.15) is 11.1 Å². The molecule has 0 saturated carbocycles. The second kappa shape index (κ2) is 6.10. The molecule has 18 heavy (non-hydrogen) atoms. The van der Waals surface area contributed by atoms with Gasteiger partial charge in [0.1, 0.15) is 0 Å². The van der Waals surface area contributed by atoms with Gasteiger partial charge in [0, 0.05) is 13.1 Å². The van der Waals surface area contributed by atoms with Crippen LogP contribution in [0.4, 0.5) is 5.69 Å². The summed E-state index contributed by atoms with van der Waals surface area (Å²) in [4.78, 5) is 0. The summed E-state index contributed by atoms with van der Waals surface area (Å²) in [6.45, 7) is 1.51. The number of anilines is 1. The first kappa shape index (κ1) is 13.2. The molecule has 0 aliphatic rings. The normalized spacial score (nSPS) is 10.6. The summed E-state index contributed by atoms with van der Waals surface area (Å²) < 4.78 is 0. The van der Waals surface area contributed by atoms with E-state index in [-0.39, 0.29) is 0 Å². The lowest BCUT2D eigenvalue weighted by atomic mass is 10.2. The average molecular weight is 281 g/mol. The van der Waals surface area contributed by atoms with Gasteiger partial charge in [-0.25, -0.2) is 0 Å². The van der Waals surface area contributed by atoms with Crippen molar-refractivity contribution >= 4 is 28.9 Å². The molecule has 0 aliphatic carbocycles. The lowest BCUT2D eigenvalue weighted by Gasteiger charge is -2.08. The molecule has 3 N–H and O–H groups in total. The number of hydrogen-bond acceptors (Lipinski definition) is 2. The zero-order chi connectivity index (χ0) is 13.0. The van der Waals surface area contributed by atoms with Crippen molar-refractivity contribution in [3.63, 3.8) is 0 Å². The van der Waals surface area contributed by atoms with Crippen LogP contribution in [0.25, 0.3) is 0 Å². The zero-order valence-corrected chi connectivity index (χ0v) is 11.3. The Kier molecular flexibility index (Phi) is 4.48. The van der Waals surface area contributed by atoms with Crippen LogP contribution in [0, 0.1) is 0 Å². The first-order valence-corrected chi connectivity index (χ1v) is 6.40. The molecule has 0 amide bonds. The molecule has 2 nitrogen and oxygen atoms in total. The average Bonchev–Trinajstić information content (AvgIpc) is 2.37. The quantitative estimate of drug-likeness (QED) is 0.835. The lowest BCUT2D eigenvalue weighted by Crippen LogP contribution is -2.12. The topological polar surface area (TPSA) is 38.0 Å². The van der Waals surface area contributed by atoms with Crippen LogP contribution in [-0.2, 0) is 13.1 Å². The molecule has 0 unspecified atom stereocenters. The maximum absolute atomic E-state index is 5.98. The van der Waals surface area contributed by atoms with Crippen LogP contribution in [0.3, 0.4) is 0 Å². The fourth-order valence-electron chi connectivity index (χ4n) is 1.69. The van der Waals surface area contributed by atoms with Crippen molar-refractivity contribution < 1.29 is 0 Å². The van der Waals surface area contributed by atoms with Gasteiger partial charge < -0.3 is 11.1 Å². The molecule has 0 saturated heterocycles. The SMILES string of the molecule is Nc1c(Cl)cc(CNCc2ccccc2)cc1Cl. The molecule has 0 fully saturated rings. The number of nitrogens with two attached hydrogens (primary N) is 1. The molecule has 2 aromatic carbocycles. The highest BCUT2D eigenvalue weighted by atomic mass is 35.5. The van der Waals surface area contributed by atoms with Gasteiger partial charge in [0.05, 0.1) is 15.7 Å². The van der Waals surface area contributed by atoms with Crippen molar-refractivity contribution in [3.05, 3.63) is 63.6 Å². The van der Waals surface area contributed by atoms with E-state index >= 15 is 0 Å². The molecular formula is C14H14Cl2N2. The molecule has 0 aromatic heterocycles. The fraction of sp³-hybridized carbons (Fsp3) is 0.143. The molecular weight excluding hydrogens is 267 g/mol. The van der Waals surface area contributed by atoms with Crippen molar-refractivity contribution in [3.8, 4) is 0 Å². The van der Waals surface area contributed by atoms with E-state index in [9.17, 15) is 0 Å². The van der Waals surface area contributed by atoms with Crippen molar-refractivity contribution in [1.29, 1.82) is 0 Å². The maximum Gasteiger partial charge on any atom is 0.0693 e. The minimum atomic E-state index is 0.435. The van der Waals surface area contributed by atoms with E-state index in [0.29, 0.717) is 22.3 Å². The highest BCUT2D eigenvalue weighted by molar-refractivity contribution is 6.38. The van der Waals surface area contributed by atoms with Gasteiger partial charge in [0.15, 0.2) is 0 Å². The Balaban J connectivity index is 1.95. The van der Waals surface area contributed by atoms with Gasteiger partial charge in [-0.15, -0.1) is 0 Å². The summed E-state index contributed by atoms with van der Waals surface area (Å²) in [6, 6.07) is 13.9. The van der Waals surface area contributed by atoms with Gasteiger partial charge in [-0.05, 0) is 23.3 Å². The van der Waals surface area contributed by atoms with E-state index in [1.807, 2.05) is 30.3 Å². The van der Waals surface area contributed by atoms with Crippen molar-refractivity contribution in [1.82, 2.24) is 5.32 Å². The van der Waals surface area contributed by atoms with Crippen LogP contribution >= 0.6 is 23.2 Å². The van der Waals surface area contributed by atoms with Gasteiger partial charge in [0.25, 0.3) is 0 Å². The minimum Gasteiger partial charge on any atom is -0.396 e. The van der Waals surface area contributed by atoms with E-state index in [2.05, 4.69) is 17.4 Å². The molecule has 0 atom stereocenters. The molecule has 2 rings (SSSR count). The molecule has 2 aromatic rings. The lowest BCUT2D eigenvalue weighted by molar-refractivity contribution is 0.693. The first-order valence-electron chi connectivity index (χ1n) is 5.65. The molecule has 0 bridgehead atoms. The third-order valence-electron chi connectivity index (χ3n) is 2.64. The Morgan fingerprint density at radius 3 is 2.06 bits per heavy atom. The largest absolute Gasteiger partial charge is 0.396 e. The second-order valence-corrected chi connectivity index (χ2v) is 4.88. The number of nitrogens with one attached hydrogen (secondary N) is 1. The standard InChI is InChI=1S/C14H14Cl2N2/c15-12-6-11(7-13(16)14(12)17)9-18-8-10-4-2-1-3-5-10/h1-7,18H,8-9,17H2. The summed E-state index contributed by atoms with van der Waals surface area (Å²) in [6.07, 6.45) is 0. The summed E-state index contributed by atoms with van der Waals surface area (Å²) in [7, 11) is 0. The summed E-state index contributed by atoms with van der Waals surface area (Å²) in [5, 5.41) is 4.33. The molecule has 0 spiro atoms. The van der Waals surface area contributed by atoms with E-state index < -0.39 is 0 Å². The van der Waals surface area contributed by atoms with Crippen LogP contribution in [0.2, 0.25) is 10.0 Å². The molecule has 0 radical (unpaired) electrons. The smallest absolute Gasteiger partial charge is 0.0693 e. The number of nitrogen functional groups attached to an aromatic ring is 1. The number of hydrogen-bond donors (Lipinski definition) is 2. The highest BCUT2D eigenvalue weighted by Gasteiger charge is 2.04. The van der Waals surface area contributed by atoms with Crippen molar-refractivity contribution in [2.45, 2.75) is 13.1 Å². The third kappa shape index (κ3) is 3.39. The first-order chi connectivity index (χ1) is 8.66. The van der Waals surface area contributed by atoms with Crippen LogP contribution in [0.5, 0.6) is 0 Å². The summed E-state index contributed by atoms with van der Waals surface area (Å²) in [5.41, 5.74) is 8.39. The number of halogens is 2. The van der Waals surface area contributed by atoms with E-state index in [0.717, 1.165) is 12.1 Å². The third-order valence-corrected chi connectivity index (χ3v) is 3.27. The Morgan fingerprint density at radius 1 is 0.889 bits per heavy atom. The van der Waals surface area contributed by atoms with Gasteiger partial charge in [-0.1, -0.05) is 53.5 Å². The monoisotopic (exact) mass is 280 g/mol. The Morgan fingerprint density at radius 2 is 1.44 bits per heavy atom. The van der Waals surface area contributed by atoms with Crippen LogP contribution in [-0.4, -0.2) is 0 Å². The maximum atomic E-state index is 5.98. The van der Waals surface area contributed by atoms with Crippen LogP contribution in [0.15, 0.2) is 42.5 Å². The van der Waals surface area contributed by atoms with Gasteiger partial charge in [0.2, 0.25) is 0 Å². The van der Waals surface area contributed by atoms with Gasteiger partial charge in [-0.3, -0.25) is 0 Å². The van der Waals surface area contributed by atoms with E-state index in [1.54, 1.807) is 0 Å². The van der Waals surface area contributed by atoms with Gasteiger partial charge >= 0.3 is 0 Å². The number of benzene rings is 2. The van der Waals surface area contributed by atoms with Gasteiger partial charge in [-0.2, -0.15) is 0 Å². The summed E-state index contributed by atoms with van der Waals surface area (Å²) >= 11 is 12.0. The fourth-order valence-corrected chi connectivity index (χ4v) is 2.22. The van der Waals surface area contributed by atoms with E-state index in [1.165, 1.54) is 5.56 Å².